The third-order valence-electron chi connectivity index (χ3n) is 4.25. The van der Waals surface area contributed by atoms with E-state index in [0.717, 1.165) is 11.3 Å². The highest BCUT2D eigenvalue weighted by Gasteiger charge is 2.41. The Morgan fingerprint density at radius 3 is 2.50 bits per heavy atom. The number of aryl methyl sites for hydroxylation is 1. The van der Waals surface area contributed by atoms with Gasteiger partial charge in [-0.2, -0.15) is 4.31 Å². The number of hydrogen-bond acceptors (Lipinski definition) is 4. The van der Waals surface area contributed by atoms with Gasteiger partial charge in [0.15, 0.2) is 5.78 Å². The Bertz CT molecular complexity index is 792. The van der Waals surface area contributed by atoms with Gasteiger partial charge in [0.1, 0.15) is 0 Å². The van der Waals surface area contributed by atoms with Gasteiger partial charge in [0.05, 0.1) is 11.8 Å². The normalized spacial score (nSPS) is 18.1. The van der Waals surface area contributed by atoms with Crippen molar-refractivity contribution in [2.75, 3.05) is 6.54 Å². The number of aromatic nitrogens is 1. The average Bonchev–Trinajstić information content (AvgIpc) is 2.53. The lowest BCUT2D eigenvalue weighted by Gasteiger charge is -2.38. The molecule has 1 aliphatic heterocycles. The van der Waals surface area contributed by atoms with E-state index in [4.69, 9.17) is 0 Å². The van der Waals surface area contributed by atoms with Crippen LogP contribution in [0.4, 0.5) is 0 Å². The van der Waals surface area contributed by atoms with E-state index in [2.05, 4.69) is 4.98 Å². The lowest BCUT2D eigenvalue weighted by atomic mass is 9.98. The summed E-state index contributed by atoms with van der Waals surface area (Å²) in [5, 5.41) is 0. The van der Waals surface area contributed by atoms with Crippen molar-refractivity contribution in [2.24, 2.45) is 0 Å². The number of nitrogens with zero attached hydrogens (tertiary/aromatic N) is 2. The fourth-order valence-corrected chi connectivity index (χ4v) is 4.62. The summed E-state index contributed by atoms with van der Waals surface area (Å²) in [5.74, 6) is -0.0822. The van der Waals surface area contributed by atoms with E-state index in [0.29, 0.717) is 25.8 Å². The number of sulfonamides is 1. The second-order valence-corrected chi connectivity index (χ2v) is 7.87. The van der Waals surface area contributed by atoms with E-state index in [9.17, 15) is 13.2 Å². The SMILES string of the molecule is O=C(CCc1ccccn1)C1CCN1S(=O)(=O)Cc1ccccc1. The van der Waals surface area contributed by atoms with Gasteiger partial charge in [0.25, 0.3) is 0 Å². The van der Waals surface area contributed by atoms with Crippen LogP contribution in [0.25, 0.3) is 0 Å². The van der Waals surface area contributed by atoms with Gasteiger partial charge in [-0.25, -0.2) is 8.42 Å². The minimum absolute atomic E-state index is 0.0245. The van der Waals surface area contributed by atoms with Crippen molar-refractivity contribution in [3.63, 3.8) is 0 Å². The molecule has 1 aromatic heterocycles. The molecule has 1 atom stereocenters. The largest absolute Gasteiger partial charge is 0.298 e. The van der Waals surface area contributed by atoms with Crippen molar-refractivity contribution in [3.05, 3.63) is 66.0 Å². The predicted molar refractivity (Wildman–Crippen MR) is 91.7 cm³/mol. The molecule has 0 bridgehead atoms. The van der Waals surface area contributed by atoms with Gasteiger partial charge in [0.2, 0.25) is 10.0 Å². The summed E-state index contributed by atoms with van der Waals surface area (Å²) in [7, 11) is -3.46. The molecule has 1 aliphatic rings. The van der Waals surface area contributed by atoms with Gasteiger partial charge in [-0.3, -0.25) is 9.78 Å². The lowest BCUT2D eigenvalue weighted by Crippen LogP contribution is -2.55. The number of pyridine rings is 1. The lowest BCUT2D eigenvalue weighted by molar-refractivity contribution is -0.125. The maximum Gasteiger partial charge on any atom is 0.218 e. The van der Waals surface area contributed by atoms with E-state index in [1.165, 1.54) is 4.31 Å². The second kappa shape index (κ2) is 7.23. The van der Waals surface area contributed by atoms with Crippen molar-refractivity contribution in [1.29, 1.82) is 0 Å². The molecule has 0 saturated carbocycles. The minimum Gasteiger partial charge on any atom is -0.298 e. The van der Waals surface area contributed by atoms with Gasteiger partial charge in [0, 0.05) is 24.9 Å². The standard InChI is InChI=1S/C18H20N2O3S/c21-18(10-9-16-8-4-5-12-19-16)17-11-13-20(17)24(22,23)14-15-6-2-1-3-7-15/h1-8,12,17H,9-11,13-14H2. The fraction of sp³-hybridized carbons (Fsp3) is 0.333. The highest BCUT2D eigenvalue weighted by Crippen LogP contribution is 2.26. The first-order chi connectivity index (χ1) is 11.6. The van der Waals surface area contributed by atoms with E-state index in [-0.39, 0.29) is 11.5 Å². The smallest absolute Gasteiger partial charge is 0.218 e. The van der Waals surface area contributed by atoms with Crippen LogP contribution in [0.15, 0.2) is 54.7 Å². The number of carbonyl (C=O) groups excluding carboxylic acids is 1. The molecule has 6 heteroatoms. The summed E-state index contributed by atoms with van der Waals surface area (Å²) in [4.78, 5) is 16.6. The maximum atomic E-state index is 12.5. The third kappa shape index (κ3) is 3.88. The van der Waals surface area contributed by atoms with Crippen LogP contribution in [0.3, 0.4) is 0 Å². The molecule has 0 spiro atoms. The number of carbonyl (C=O) groups is 1. The van der Waals surface area contributed by atoms with Gasteiger partial charge in [-0.1, -0.05) is 36.4 Å². The van der Waals surface area contributed by atoms with Gasteiger partial charge in [-0.05, 0) is 30.5 Å². The predicted octanol–water partition coefficient (Wildman–Crippen LogP) is 2.19. The Labute approximate surface area is 142 Å². The molecule has 3 rings (SSSR count). The van der Waals surface area contributed by atoms with Crippen LogP contribution in [-0.2, 0) is 27.0 Å². The summed E-state index contributed by atoms with van der Waals surface area (Å²) in [6.45, 7) is 0.426. The summed E-state index contributed by atoms with van der Waals surface area (Å²) in [5.41, 5.74) is 1.59. The highest BCUT2D eigenvalue weighted by atomic mass is 32.2. The zero-order valence-corrected chi connectivity index (χ0v) is 14.2. The van der Waals surface area contributed by atoms with E-state index >= 15 is 0 Å². The van der Waals surface area contributed by atoms with Crippen molar-refractivity contribution < 1.29 is 13.2 Å². The number of Topliss-reactive ketones (excluding diaryl/α,β-unsaturated/α-hetero) is 1. The molecule has 1 unspecified atom stereocenters. The Morgan fingerprint density at radius 1 is 1.12 bits per heavy atom. The molecule has 1 fully saturated rings. The molecule has 24 heavy (non-hydrogen) atoms. The number of ketones is 1. The number of benzene rings is 1. The fourth-order valence-electron chi connectivity index (χ4n) is 2.85. The Balaban J connectivity index is 1.60. The van der Waals surface area contributed by atoms with Crippen LogP contribution < -0.4 is 0 Å². The zero-order chi connectivity index (χ0) is 17.0. The highest BCUT2D eigenvalue weighted by molar-refractivity contribution is 7.88. The monoisotopic (exact) mass is 344 g/mol. The number of hydrogen-bond donors (Lipinski definition) is 0. The maximum absolute atomic E-state index is 12.5. The van der Waals surface area contributed by atoms with Gasteiger partial charge >= 0.3 is 0 Å². The molecule has 0 radical (unpaired) electrons. The van der Waals surface area contributed by atoms with Crippen LogP contribution >= 0.6 is 0 Å². The van der Waals surface area contributed by atoms with Crippen molar-refractivity contribution in [3.8, 4) is 0 Å². The molecule has 2 heterocycles. The Hall–Kier alpha value is -2.05. The molecule has 2 aromatic rings. The average molecular weight is 344 g/mol. The van der Waals surface area contributed by atoms with Crippen molar-refractivity contribution >= 4 is 15.8 Å². The van der Waals surface area contributed by atoms with Crippen LogP contribution in [0, 0.1) is 0 Å². The molecular formula is C18H20N2O3S. The Morgan fingerprint density at radius 2 is 1.88 bits per heavy atom. The summed E-state index contributed by atoms with van der Waals surface area (Å²) < 4.78 is 26.4. The quantitative estimate of drug-likeness (QED) is 0.772. The van der Waals surface area contributed by atoms with Gasteiger partial charge in [-0.15, -0.1) is 0 Å². The molecule has 5 nitrogen and oxygen atoms in total. The number of rotatable bonds is 7. The molecule has 0 N–H and O–H groups in total. The topological polar surface area (TPSA) is 67.3 Å². The molecule has 126 valence electrons. The van der Waals surface area contributed by atoms with E-state index < -0.39 is 16.1 Å². The molecule has 0 aliphatic carbocycles. The van der Waals surface area contributed by atoms with Crippen LogP contribution in [0.5, 0.6) is 0 Å². The first-order valence-corrected chi connectivity index (χ1v) is 9.63. The van der Waals surface area contributed by atoms with Crippen LogP contribution in [0.2, 0.25) is 0 Å². The van der Waals surface area contributed by atoms with Crippen LogP contribution in [0.1, 0.15) is 24.1 Å². The van der Waals surface area contributed by atoms with Crippen molar-refractivity contribution in [2.45, 2.75) is 31.1 Å². The Kier molecular flexibility index (Phi) is 5.06. The molecule has 1 aromatic carbocycles. The molecular weight excluding hydrogens is 324 g/mol. The first kappa shape index (κ1) is 16.8. The summed E-state index contributed by atoms with van der Waals surface area (Å²) in [6, 6.07) is 14.1. The van der Waals surface area contributed by atoms with Crippen LogP contribution in [-0.4, -0.2) is 36.1 Å². The summed E-state index contributed by atoms with van der Waals surface area (Å²) in [6.07, 6.45) is 3.16. The van der Waals surface area contributed by atoms with E-state index in [1.807, 2.05) is 36.4 Å². The zero-order valence-electron chi connectivity index (χ0n) is 13.3. The molecule has 1 saturated heterocycles. The van der Waals surface area contributed by atoms with E-state index in [1.54, 1.807) is 18.3 Å². The molecule has 0 amide bonds. The van der Waals surface area contributed by atoms with Crippen molar-refractivity contribution in [1.82, 2.24) is 9.29 Å². The summed E-state index contributed by atoms with van der Waals surface area (Å²) >= 11 is 0. The van der Waals surface area contributed by atoms with Gasteiger partial charge < -0.3 is 0 Å². The second-order valence-electron chi connectivity index (χ2n) is 5.94. The first-order valence-electron chi connectivity index (χ1n) is 8.02. The minimum atomic E-state index is -3.46. The third-order valence-corrected chi connectivity index (χ3v) is 6.09.